The fraction of sp³-hybridized carbons (Fsp3) is 0.895. The lowest BCUT2D eigenvalue weighted by molar-refractivity contribution is -0.146. The average molecular weight is 374 g/mol. The molecule has 0 unspecified atom stereocenters. The Bertz CT molecular complexity index is 512. The second kappa shape index (κ2) is 7.39. The number of amides is 2. The SMILES string of the molecule is CCN(CCC(F)(F)F)C(=O)CCNC(=O)C12CC3CC(CC(C3)C1)C2. The Morgan fingerprint density at radius 1 is 1.08 bits per heavy atom. The van der Waals surface area contributed by atoms with Gasteiger partial charge in [0.1, 0.15) is 0 Å². The second-order valence-electron chi connectivity index (χ2n) is 8.54. The summed E-state index contributed by atoms with van der Waals surface area (Å²) in [5.41, 5.74) is -0.251. The van der Waals surface area contributed by atoms with Gasteiger partial charge in [-0.2, -0.15) is 13.2 Å². The van der Waals surface area contributed by atoms with Crippen molar-refractivity contribution in [1.82, 2.24) is 10.2 Å². The summed E-state index contributed by atoms with van der Waals surface area (Å²) in [6.45, 7) is 1.81. The van der Waals surface area contributed by atoms with Crippen LogP contribution >= 0.6 is 0 Å². The normalized spacial score (nSPS) is 32.5. The molecule has 4 aliphatic carbocycles. The van der Waals surface area contributed by atoms with Crippen LogP contribution in [0.1, 0.15) is 58.3 Å². The molecular formula is C19H29F3N2O2. The number of carbonyl (C=O) groups is 2. The summed E-state index contributed by atoms with van der Waals surface area (Å²) in [6, 6.07) is 0. The van der Waals surface area contributed by atoms with E-state index < -0.39 is 12.6 Å². The molecule has 1 N–H and O–H groups in total. The van der Waals surface area contributed by atoms with Crippen LogP contribution in [0.3, 0.4) is 0 Å². The minimum atomic E-state index is -4.26. The Kier molecular flexibility index (Phi) is 5.54. The zero-order valence-corrected chi connectivity index (χ0v) is 15.4. The van der Waals surface area contributed by atoms with Gasteiger partial charge in [0.15, 0.2) is 0 Å². The van der Waals surface area contributed by atoms with Crippen LogP contribution in [0.5, 0.6) is 0 Å². The number of alkyl halides is 3. The molecule has 148 valence electrons. The first-order chi connectivity index (χ1) is 12.2. The number of halogens is 3. The van der Waals surface area contributed by atoms with E-state index in [1.54, 1.807) is 6.92 Å². The van der Waals surface area contributed by atoms with Crippen LogP contribution in [-0.2, 0) is 9.59 Å². The third kappa shape index (κ3) is 4.34. The van der Waals surface area contributed by atoms with Crippen LogP contribution in [0, 0.1) is 23.2 Å². The van der Waals surface area contributed by atoms with Crippen molar-refractivity contribution in [1.29, 1.82) is 0 Å². The third-order valence-corrected chi connectivity index (χ3v) is 6.54. The molecule has 0 spiro atoms. The molecule has 0 aromatic heterocycles. The monoisotopic (exact) mass is 374 g/mol. The van der Waals surface area contributed by atoms with Gasteiger partial charge in [0, 0.05) is 31.5 Å². The lowest BCUT2D eigenvalue weighted by Gasteiger charge is -2.55. The first-order valence-corrected chi connectivity index (χ1v) is 9.83. The van der Waals surface area contributed by atoms with Crippen LogP contribution in [-0.4, -0.2) is 42.5 Å². The van der Waals surface area contributed by atoms with Gasteiger partial charge in [-0.3, -0.25) is 9.59 Å². The van der Waals surface area contributed by atoms with E-state index in [4.69, 9.17) is 0 Å². The highest BCUT2D eigenvalue weighted by Gasteiger charge is 2.54. The highest BCUT2D eigenvalue weighted by Crippen LogP contribution is 2.60. The summed E-state index contributed by atoms with van der Waals surface area (Å²) in [5, 5.41) is 2.91. The first-order valence-electron chi connectivity index (χ1n) is 9.83. The summed E-state index contributed by atoms with van der Waals surface area (Å²) in [7, 11) is 0. The molecule has 0 radical (unpaired) electrons. The van der Waals surface area contributed by atoms with Crippen LogP contribution in [0.4, 0.5) is 13.2 Å². The van der Waals surface area contributed by atoms with Gasteiger partial charge in [-0.25, -0.2) is 0 Å². The summed E-state index contributed by atoms with van der Waals surface area (Å²) < 4.78 is 37.0. The smallest absolute Gasteiger partial charge is 0.355 e. The van der Waals surface area contributed by atoms with Crippen molar-refractivity contribution in [2.24, 2.45) is 23.2 Å². The molecular weight excluding hydrogens is 345 g/mol. The number of hydrogen-bond acceptors (Lipinski definition) is 2. The highest BCUT2D eigenvalue weighted by molar-refractivity contribution is 5.84. The Hall–Kier alpha value is -1.27. The number of nitrogens with zero attached hydrogens (tertiary/aromatic N) is 1. The van der Waals surface area contributed by atoms with E-state index in [2.05, 4.69) is 5.32 Å². The summed E-state index contributed by atoms with van der Waals surface area (Å²) in [4.78, 5) is 26.1. The van der Waals surface area contributed by atoms with E-state index in [9.17, 15) is 22.8 Å². The summed E-state index contributed by atoms with van der Waals surface area (Å²) >= 11 is 0. The van der Waals surface area contributed by atoms with Crippen LogP contribution in [0.2, 0.25) is 0 Å². The molecule has 0 heterocycles. The van der Waals surface area contributed by atoms with Gasteiger partial charge in [0.2, 0.25) is 11.8 Å². The maximum absolute atomic E-state index is 12.8. The quantitative estimate of drug-likeness (QED) is 0.741. The predicted octanol–water partition coefficient (Wildman–Crippen LogP) is 3.51. The molecule has 4 saturated carbocycles. The van der Waals surface area contributed by atoms with Crippen molar-refractivity contribution in [2.75, 3.05) is 19.6 Å². The van der Waals surface area contributed by atoms with Gasteiger partial charge in [0.05, 0.1) is 6.42 Å². The molecule has 0 aromatic carbocycles. The Morgan fingerprint density at radius 2 is 1.62 bits per heavy atom. The van der Waals surface area contributed by atoms with Gasteiger partial charge in [-0.05, 0) is 63.2 Å². The van der Waals surface area contributed by atoms with Gasteiger partial charge in [0.25, 0.3) is 0 Å². The molecule has 0 saturated heterocycles. The number of rotatable bonds is 7. The van der Waals surface area contributed by atoms with Gasteiger partial charge >= 0.3 is 6.18 Å². The first kappa shape index (κ1) is 19.5. The Balaban J connectivity index is 1.45. The van der Waals surface area contributed by atoms with Crippen molar-refractivity contribution in [3.05, 3.63) is 0 Å². The zero-order valence-electron chi connectivity index (χ0n) is 15.4. The average Bonchev–Trinajstić information content (AvgIpc) is 2.53. The zero-order chi connectivity index (χ0) is 18.9. The Morgan fingerprint density at radius 3 is 2.08 bits per heavy atom. The van der Waals surface area contributed by atoms with Crippen molar-refractivity contribution in [3.8, 4) is 0 Å². The lowest BCUT2D eigenvalue weighted by atomic mass is 9.49. The fourth-order valence-electron chi connectivity index (χ4n) is 5.74. The lowest BCUT2D eigenvalue weighted by Crippen LogP contribution is -2.53. The standard InChI is InChI=1S/C19H29F3N2O2/c1-2-24(6-4-19(20,21)22)16(25)3-5-23-17(26)18-10-13-7-14(11-18)9-15(8-13)12-18/h13-15H,2-12H2,1H3,(H,23,26). The fourth-order valence-corrected chi connectivity index (χ4v) is 5.74. The molecule has 26 heavy (non-hydrogen) atoms. The second-order valence-corrected chi connectivity index (χ2v) is 8.54. The van der Waals surface area contributed by atoms with Crippen LogP contribution < -0.4 is 5.32 Å². The van der Waals surface area contributed by atoms with E-state index in [1.165, 1.54) is 24.2 Å². The summed E-state index contributed by atoms with van der Waals surface area (Å²) in [6.07, 6.45) is 1.47. The molecule has 4 rings (SSSR count). The van der Waals surface area contributed by atoms with Crippen LogP contribution in [0.25, 0.3) is 0 Å². The molecule has 4 bridgehead atoms. The van der Waals surface area contributed by atoms with Crippen molar-refractivity contribution in [2.45, 2.75) is 64.5 Å². The molecule has 4 fully saturated rings. The Labute approximate surface area is 152 Å². The molecule has 0 atom stereocenters. The molecule has 7 heteroatoms. The maximum Gasteiger partial charge on any atom is 0.390 e. The van der Waals surface area contributed by atoms with Crippen molar-refractivity contribution >= 4 is 11.8 Å². The molecule has 4 nitrogen and oxygen atoms in total. The molecule has 0 aliphatic heterocycles. The van der Waals surface area contributed by atoms with E-state index in [-0.39, 0.29) is 43.3 Å². The molecule has 4 aliphatic rings. The predicted molar refractivity (Wildman–Crippen MR) is 91.2 cm³/mol. The summed E-state index contributed by atoms with van der Waals surface area (Å²) in [5.74, 6) is 1.75. The van der Waals surface area contributed by atoms with Crippen LogP contribution in [0.15, 0.2) is 0 Å². The van der Waals surface area contributed by atoms with E-state index in [0.29, 0.717) is 17.8 Å². The van der Waals surface area contributed by atoms with E-state index in [0.717, 1.165) is 19.3 Å². The highest BCUT2D eigenvalue weighted by atomic mass is 19.4. The molecule has 2 amide bonds. The van der Waals surface area contributed by atoms with E-state index >= 15 is 0 Å². The number of carbonyl (C=O) groups excluding carboxylic acids is 2. The van der Waals surface area contributed by atoms with E-state index in [1.807, 2.05) is 0 Å². The minimum Gasteiger partial charge on any atom is -0.355 e. The van der Waals surface area contributed by atoms with Gasteiger partial charge in [-0.1, -0.05) is 0 Å². The van der Waals surface area contributed by atoms with Crippen molar-refractivity contribution in [3.63, 3.8) is 0 Å². The number of nitrogens with one attached hydrogen (secondary N) is 1. The number of hydrogen-bond donors (Lipinski definition) is 1. The topological polar surface area (TPSA) is 49.4 Å². The third-order valence-electron chi connectivity index (χ3n) is 6.54. The minimum absolute atomic E-state index is 0.0581. The van der Waals surface area contributed by atoms with Crippen molar-refractivity contribution < 1.29 is 22.8 Å². The largest absolute Gasteiger partial charge is 0.390 e. The van der Waals surface area contributed by atoms with Gasteiger partial charge < -0.3 is 10.2 Å². The van der Waals surface area contributed by atoms with Gasteiger partial charge in [-0.15, -0.1) is 0 Å². The molecule has 0 aromatic rings. The maximum atomic E-state index is 12.8.